The fourth-order valence-corrected chi connectivity index (χ4v) is 3.84. The number of nitrogens with zero attached hydrogens (tertiary/aromatic N) is 1. The maximum atomic E-state index is 12.6. The van der Waals surface area contributed by atoms with Crippen LogP contribution in [0.2, 0.25) is 0 Å². The van der Waals surface area contributed by atoms with Gasteiger partial charge < -0.3 is 19.8 Å². The van der Waals surface area contributed by atoms with Gasteiger partial charge in [0.25, 0.3) is 5.91 Å². The summed E-state index contributed by atoms with van der Waals surface area (Å²) in [6.45, 7) is 4.15. The van der Waals surface area contributed by atoms with Gasteiger partial charge >= 0.3 is 0 Å². The van der Waals surface area contributed by atoms with Crippen LogP contribution in [0.5, 0.6) is 0 Å². The van der Waals surface area contributed by atoms with Crippen LogP contribution in [-0.4, -0.2) is 33.1 Å². The van der Waals surface area contributed by atoms with Crippen LogP contribution in [0.1, 0.15) is 43.7 Å². The lowest BCUT2D eigenvalue weighted by atomic mass is 10.0. The highest BCUT2D eigenvalue weighted by Crippen LogP contribution is 2.34. The summed E-state index contributed by atoms with van der Waals surface area (Å²) in [7, 11) is 0. The number of thiocarbonyl (C=S) groups is 1. The number of carboxylic acid groups (broad SMARTS) is 2. The van der Waals surface area contributed by atoms with Crippen molar-refractivity contribution < 1.29 is 24.6 Å². The Morgan fingerprint density at radius 3 is 2.35 bits per heavy atom. The predicted molar refractivity (Wildman–Crippen MR) is 98.6 cm³/mol. The smallest absolute Gasteiger partial charge is 0.266 e. The van der Waals surface area contributed by atoms with Crippen LogP contribution in [0.3, 0.4) is 0 Å². The lowest BCUT2D eigenvalue weighted by Gasteiger charge is -2.27. The first-order chi connectivity index (χ1) is 12.2. The van der Waals surface area contributed by atoms with E-state index in [1.165, 1.54) is 0 Å². The highest BCUT2D eigenvalue weighted by Gasteiger charge is 2.37. The first-order valence-corrected chi connectivity index (χ1v) is 9.21. The molecule has 1 heterocycles. The Labute approximate surface area is 160 Å². The fourth-order valence-electron chi connectivity index (χ4n) is 2.48. The van der Waals surface area contributed by atoms with Crippen molar-refractivity contribution in [1.82, 2.24) is 4.90 Å². The van der Waals surface area contributed by atoms with Crippen molar-refractivity contribution in [2.75, 3.05) is 0 Å². The van der Waals surface area contributed by atoms with Gasteiger partial charge in [-0.05, 0) is 36.0 Å². The molecule has 0 unspecified atom stereocenters. The average Bonchev–Trinajstić information content (AvgIpc) is 2.82. The van der Waals surface area contributed by atoms with Gasteiger partial charge in [-0.1, -0.05) is 62.1 Å². The molecule has 0 aromatic heterocycles. The average molecular weight is 391 g/mol. The van der Waals surface area contributed by atoms with E-state index in [0.717, 1.165) is 27.8 Å². The largest absolute Gasteiger partial charge is 0.550 e. The molecule has 1 aliphatic rings. The Morgan fingerprint density at radius 2 is 1.85 bits per heavy atom. The summed E-state index contributed by atoms with van der Waals surface area (Å²) < 4.78 is 0.0626. The molecular weight excluding hydrogens is 374 g/mol. The molecule has 1 saturated heterocycles. The third-order valence-corrected chi connectivity index (χ3v) is 5.26. The Morgan fingerprint density at radius 1 is 1.23 bits per heavy atom. The van der Waals surface area contributed by atoms with Crippen molar-refractivity contribution in [2.24, 2.45) is 0 Å². The topological polar surface area (TPSA) is 101 Å². The Balaban J connectivity index is 2.23. The van der Waals surface area contributed by atoms with Gasteiger partial charge in [0.2, 0.25) is 0 Å². The highest BCUT2D eigenvalue weighted by atomic mass is 32.2. The standard InChI is InChI=1S/C18H19NO5S2/c1-10(2)12-5-3-11(4-6-12)9-14-16(22)19(18(25)26-14)13(17(23)24)7-8-15(20)21/h3-6,9-10,13H,7-8H2,1-2H3,(H,20,21)(H,23,24)/p-2/b14-9-/t13-/m1/s1. The van der Waals surface area contributed by atoms with Crippen LogP contribution in [0.15, 0.2) is 29.2 Å². The molecule has 2 rings (SSSR count). The number of benzene rings is 1. The molecule has 0 N–H and O–H groups in total. The van der Waals surface area contributed by atoms with Crippen molar-refractivity contribution in [3.63, 3.8) is 0 Å². The van der Waals surface area contributed by atoms with Gasteiger partial charge in [0.05, 0.1) is 16.9 Å². The van der Waals surface area contributed by atoms with E-state index in [-0.39, 0.29) is 15.6 Å². The summed E-state index contributed by atoms with van der Waals surface area (Å²) in [6, 6.07) is 6.22. The molecule has 0 radical (unpaired) electrons. The van der Waals surface area contributed by atoms with Gasteiger partial charge in [0, 0.05) is 5.97 Å². The number of aliphatic carboxylic acids is 2. The molecule has 1 aromatic rings. The maximum Gasteiger partial charge on any atom is 0.266 e. The Kier molecular flexibility index (Phi) is 6.55. The first-order valence-electron chi connectivity index (χ1n) is 7.98. The molecule has 0 bridgehead atoms. The molecule has 26 heavy (non-hydrogen) atoms. The lowest BCUT2D eigenvalue weighted by molar-refractivity contribution is -0.311. The molecule has 0 spiro atoms. The Hall–Kier alpha value is -2.19. The molecule has 1 aliphatic heterocycles. The molecule has 138 valence electrons. The summed E-state index contributed by atoms with van der Waals surface area (Å²) in [5.74, 6) is -3.14. The summed E-state index contributed by atoms with van der Waals surface area (Å²) in [5, 5.41) is 22.0. The molecule has 1 amide bonds. The summed E-state index contributed by atoms with van der Waals surface area (Å²) in [4.78, 5) is 35.7. The minimum absolute atomic E-state index is 0.0626. The van der Waals surface area contributed by atoms with Crippen molar-refractivity contribution in [3.05, 3.63) is 40.3 Å². The molecular formula is C18H17NO5S2-2. The van der Waals surface area contributed by atoms with Crippen LogP contribution in [0, 0.1) is 0 Å². The zero-order valence-corrected chi connectivity index (χ0v) is 15.9. The number of amides is 1. The van der Waals surface area contributed by atoms with E-state index in [1.54, 1.807) is 6.08 Å². The van der Waals surface area contributed by atoms with Crippen LogP contribution < -0.4 is 10.2 Å². The van der Waals surface area contributed by atoms with Gasteiger partial charge in [0.1, 0.15) is 4.32 Å². The second kappa shape index (κ2) is 8.46. The summed E-state index contributed by atoms with van der Waals surface area (Å²) in [5.41, 5.74) is 1.95. The second-order valence-corrected chi connectivity index (χ2v) is 7.79. The number of carboxylic acids is 2. The van der Waals surface area contributed by atoms with Crippen LogP contribution >= 0.6 is 24.0 Å². The number of carbonyl (C=O) groups excluding carboxylic acids is 3. The molecule has 1 aromatic carbocycles. The quantitative estimate of drug-likeness (QED) is 0.497. The van der Waals surface area contributed by atoms with Crippen LogP contribution in [0.25, 0.3) is 6.08 Å². The van der Waals surface area contributed by atoms with Crippen molar-refractivity contribution in [1.29, 1.82) is 0 Å². The van der Waals surface area contributed by atoms with E-state index in [4.69, 9.17) is 12.2 Å². The number of hydrogen-bond acceptors (Lipinski definition) is 7. The first kappa shape index (κ1) is 20.1. The van der Waals surface area contributed by atoms with E-state index in [1.807, 2.05) is 24.3 Å². The predicted octanol–water partition coefficient (Wildman–Crippen LogP) is 0.660. The van der Waals surface area contributed by atoms with Gasteiger partial charge in [-0.25, -0.2) is 0 Å². The van der Waals surface area contributed by atoms with Gasteiger partial charge in [0.15, 0.2) is 0 Å². The molecule has 1 fully saturated rings. The molecule has 0 aliphatic carbocycles. The number of thioether (sulfide) groups is 1. The lowest BCUT2D eigenvalue weighted by Crippen LogP contribution is -2.50. The monoisotopic (exact) mass is 391 g/mol. The molecule has 6 nitrogen and oxygen atoms in total. The number of rotatable bonds is 7. The van der Waals surface area contributed by atoms with Gasteiger partial charge in [-0.15, -0.1) is 0 Å². The zero-order valence-electron chi connectivity index (χ0n) is 14.3. The minimum Gasteiger partial charge on any atom is -0.550 e. The van der Waals surface area contributed by atoms with E-state index >= 15 is 0 Å². The van der Waals surface area contributed by atoms with Crippen molar-refractivity contribution in [3.8, 4) is 0 Å². The molecule has 1 atom stereocenters. The van der Waals surface area contributed by atoms with E-state index in [0.29, 0.717) is 5.92 Å². The second-order valence-electron chi connectivity index (χ2n) is 6.12. The zero-order chi connectivity index (χ0) is 19.4. The van der Waals surface area contributed by atoms with E-state index < -0.39 is 30.3 Å². The van der Waals surface area contributed by atoms with E-state index in [9.17, 15) is 24.6 Å². The fraction of sp³-hybridized carbons (Fsp3) is 0.333. The number of hydrogen-bond donors (Lipinski definition) is 0. The Bertz CT molecular complexity index is 770. The highest BCUT2D eigenvalue weighted by molar-refractivity contribution is 8.26. The minimum atomic E-state index is -1.55. The third kappa shape index (κ3) is 4.70. The normalized spacial score (nSPS) is 17.2. The van der Waals surface area contributed by atoms with Crippen molar-refractivity contribution >= 4 is 52.2 Å². The van der Waals surface area contributed by atoms with E-state index in [2.05, 4.69) is 13.8 Å². The maximum absolute atomic E-state index is 12.6. The SMILES string of the molecule is CC(C)c1ccc(/C=C2\SC(=S)N([C@H](CCC(=O)[O-])C(=O)[O-])C2=O)cc1. The van der Waals surface area contributed by atoms with Crippen molar-refractivity contribution in [2.45, 2.75) is 38.6 Å². The van der Waals surface area contributed by atoms with Crippen LogP contribution in [0.4, 0.5) is 0 Å². The summed E-state index contributed by atoms with van der Waals surface area (Å²) in [6.07, 6.45) is 0.799. The van der Waals surface area contributed by atoms with Gasteiger partial charge in [-0.3, -0.25) is 9.69 Å². The molecule has 8 heteroatoms. The third-order valence-electron chi connectivity index (χ3n) is 3.93. The summed E-state index contributed by atoms with van der Waals surface area (Å²) >= 11 is 6.10. The van der Waals surface area contributed by atoms with Gasteiger partial charge in [-0.2, -0.15) is 0 Å². The number of carbonyl (C=O) groups is 3. The van der Waals surface area contributed by atoms with Crippen LogP contribution in [-0.2, 0) is 14.4 Å². The molecule has 0 saturated carbocycles.